The fraction of sp³-hybridized carbons (Fsp3) is 0.444. The predicted molar refractivity (Wildman–Crippen MR) is 142 cm³/mol. The van der Waals surface area contributed by atoms with Gasteiger partial charge >= 0.3 is 0 Å². The van der Waals surface area contributed by atoms with E-state index in [2.05, 4.69) is 21.3 Å². The average molecular weight is 527 g/mol. The van der Waals surface area contributed by atoms with E-state index >= 15 is 0 Å². The molecule has 0 saturated heterocycles. The maximum absolute atomic E-state index is 13.4. The van der Waals surface area contributed by atoms with Crippen LogP contribution in [0.2, 0.25) is 0 Å². The van der Waals surface area contributed by atoms with Crippen molar-refractivity contribution in [3.8, 4) is 24.7 Å². The summed E-state index contributed by atoms with van der Waals surface area (Å²) in [4.78, 5) is 29.1. The number of rotatable bonds is 12. The molecular formula is C27H30N2O5S2. The van der Waals surface area contributed by atoms with E-state index in [0.29, 0.717) is 36.1 Å². The van der Waals surface area contributed by atoms with Crippen LogP contribution in [-0.4, -0.2) is 79.9 Å². The van der Waals surface area contributed by atoms with Gasteiger partial charge in [-0.1, -0.05) is 17.9 Å². The van der Waals surface area contributed by atoms with Gasteiger partial charge in [-0.25, -0.2) is 4.58 Å². The van der Waals surface area contributed by atoms with Gasteiger partial charge in [-0.05, 0) is 43.8 Å². The Kier molecular flexibility index (Phi) is 10.5. The minimum Gasteiger partial charge on any atom is -0.848 e. The zero-order chi connectivity index (χ0) is 26.1. The highest BCUT2D eigenvalue weighted by Gasteiger charge is 2.43. The fourth-order valence-electron chi connectivity index (χ4n) is 4.02. The van der Waals surface area contributed by atoms with Crippen LogP contribution in [0.5, 0.6) is 0 Å². The SMILES string of the molecule is C#CCOCCN(CC)c1ccc(C2C(=O)C(=O)C(=C3C=CC(=[N+](CC)CCOCC#C)S3)C2[O-])s1. The Morgan fingerprint density at radius 1 is 1.11 bits per heavy atom. The van der Waals surface area contributed by atoms with E-state index in [1.807, 2.05) is 26.0 Å². The first-order valence-corrected chi connectivity index (χ1v) is 13.4. The van der Waals surface area contributed by atoms with E-state index in [4.69, 9.17) is 22.3 Å². The zero-order valence-electron chi connectivity index (χ0n) is 20.5. The molecule has 190 valence electrons. The van der Waals surface area contributed by atoms with Crippen molar-refractivity contribution < 1.29 is 28.7 Å². The van der Waals surface area contributed by atoms with E-state index in [0.717, 1.165) is 23.1 Å². The summed E-state index contributed by atoms with van der Waals surface area (Å²) in [5.41, 5.74) is 0.0610. The zero-order valence-corrected chi connectivity index (χ0v) is 22.2. The molecule has 1 saturated carbocycles. The number of thioether (sulfide) groups is 1. The number of Topliss-reactive ketones (excluding diaryl/α,β-unsaturated/α-hetero) is 2. The molecule has 36 heavy (non-hydrogen) atoms. The van der Waals surface area contributed by atoms with Gasteiger partial charge in [-0.15, -0.1) is 24.2 Å². The third kappa shape index (κ3) is 6.36. The molecule has 2 unspecified atom stereocenters. The first-order valence-electron chi connectivity index (χ1n) is 11.8. The molecule has 1 aliphatic heterocycles. The molecule has 9 heteroatoms. The normalized spacial score (nSPS) is 22.7. The monoisotopic (exact) mass is 526 g/mol. The summed E-state index contributed by atoms with van der Waals surface area (Å²) in [5, 5.41) is 15.3. The molecule has 0 aromatic carbocycles. The number of ketones is 2. The maximum Gasteiger partial charge on any atom is 0.239 e. The van der Waals surface area contributed by atoms with Crippen molar-refractivity contribution in [3.63, 3.8) is 0 Å². The quantitative estimate of drug-likeness (QED) is 0.135. The van der Waals surface area contributed by atoms with Crippen molar-refractivity contribution in [3.05, 3.63) is 39.6 Å². The highest BCUT2D eigenvalue weighted by Crippen LogP contribution is 2.42. The molecule has 0 radical (unpaired) electrons. The second kappa shape index (κ2) is 13.6. The summed E-state index contributed by atoms with van der Waals surface area (Å²) < 4.78 is 12.8. The van der Waals surface area contributed by atoms with E-state index in [9.17, 15) is 14.7 Å². The molecule has 0 bridgehead atoms. The van der Waals surface area contributed by atoms with Crippen molar-refractivity contribution in [1.29, 1.82) is 0 Å². The molecule has 3 rings (SSSR count). The van der Waals surface area contributed by atoms with Crippen LogP contribution in [0.1, 0.15) is 24.6 Å². The van der Waals surface area contributed by atoms with Gasteiger partial charge in [0.2, 0.25) is 16.6 Å². The van der Waals surface area contributed by atoms with Gasteiger partial charge in [0.05, 0.1) is 17.5 Å². The Morgan fingerprint density at radius 3 is 2.50 bits per heavy atom. The number of ether oxygens (including phenoxy) is 2. The van der Waals surface area contributed by atoms with Crippen LogP contribution in [0.15, 0.2) is 34.8 Å². The van der Waals surface area contributed by atoms with E-state index in [1.54, 1.807) is 12.1 Å². The molecule has 2 atom stereocenters. The standard InChI is InChI=1S/C27H30N2O5S2/c1-5-15-33-17-13-28(7-3)21-11-9-19(35-21)23-25(30)24(27(32)26(23)31)20-10-12-22(36-20)29(8-4)14-18-34-16-6-2/h1-2,9-12,23,25H,7-8,13-18H2,3-4H3. The number of allylic oxidation sites excluding steroid dienone is 1. The lowest BCUT2D eigenvalue weighted by atomic mass is 10.0. The second-order valence-corrected chi connectivity index (χ2v) is 10.1. The number of carbonyl (C=O) groups is 2. The second-order valence-electron chi connectivity index (χ2n) is 7.99. The summed E-state index contributed by atoms with van der Waals surface area (Å²) >= 11 is 2.72. The van der Waals surface area contributed by atoms with Crippen molar-refractivity contribution >= 4 is 44.7 Å². The minimum absolute atomic E-state index is 0.0610. The van der Waals surface area contributed by atoms with Crippen molar-refractivity contribution in [2.45, 2.75) is 25.9 Å². The molecule has 1 aromatic rings. The lowest BCUT2D eigenvalue weighted by molar-refractivity contribution is -0.523. The van der Waals surface area contributed by atoms with Gasteiger partial charge in [-0.3, -0.25) is 9.59 Å². The van der Waals surface area contributed by atoms with Crippen molar-refractivity contribution in [1.82, 2.24) is 0 Å². The first-order chi connectivity index (χ1) is 17.5. The maximum atomic E-state index is 13.4. The molecule has 1 fully saturated rings. The summed E-state index contributed by atoms with van der Waals surface area (Å²) in [7, 11) is 0. The molecule has 0 N–H and O–H groups in total. The van der Waals surface area contributed by atoms with Crippen molar-refractivity contribution in [2.75, 3.05) is 57.5 Å². The van der Waals surface area contributed by atoms with Crippen LogP contribution in [0, 0.1) is 24.7 Å². The van der Waals surface area contributed by atoms with Gasteiger partial charge in [0.15, 0.2) is 6.54 Å². The third-order valence-electron chi connectivity index (χ3n) is 5.88. The average Bonchev–Trinajstić information content (AvgIpc) is 3.59. The first kappa shape index (κ1) is 27.9. The third-order valence-corrected chi connectivity index (χ3v) is 8.29. The van der Waals surface area contributed by atoms with Crippen LogP contribution >= 0.6 is 23.1 Å². The highest BCUT2D eigenvalue weighted by molar-refractivity contribution is 8.18. The van der Waals surface area contributed by atoms with Gasteiger partial charge < -0.3 is 19.5 Å². The summed E-state index contributed by atoms with van der Waals surface area (Å²) in [5.74, 6) is 2.55. The fourth-order valence-corrected chi connectivity index (χ4v) is 6.41. The molecule has 1 aromatic heterocycles. The number of terminal acetylenes is 2. The topological polar surface area (TPSA) is 81.9 Å². The molecule has 1 aliphatic carbocycles. The number of hydrogen-bond donors (Lipinski definition) is 0. The lowest BCUT2D eigenvalue weighted by Crippen LogP contribution is -2.31. The van der Waals surface area contributed by atoms with Gasteiger partial charge in [0.25, 0.3) is 0 Å². The van der Waals surface area contributed by atoms with Crippen LogP contribution < -0.4 is 10.0 Å². The van der Waals surface area contributed by atoms with Crippen LogP contribution in [-0.2, 0) is 19.1 Å². The Bertz CT molecular complexity index is 1150. The van der Waals surface area contributed by atoms with Crippen molar-refractivity contribution in [2.24, 2.45) is 0 Å². The van der Waals surface area contributed by atoms with Gasteiger partial charge in [0.1, 0.15) is 26.4 Å². The lowest BCUT2D eigenvalue weighted by Gasteiger charge is -2.24. The number of nitrogens with zero attached hydrogens (tertiary/aromatic N) is 2. The molecule has 2 heterocycles. The smallest absolute Gasteiger partial charge is 0.239 e. The van der Waals surface area contributed by atoms with E-state index < -0.39 is 23.6 Å². The number of carbonyl (C=O) groups excluding carboxylic acids is 2. The molecule has 2 aliphatic rings. The molecule has 0 amide bonds. The van der Waals surface area contributed by atoms with Crippen LogP contribution in [0.4, 0.5) is 5.00 Å². The number of anilines is 1. The molecule has 0 spiro atoms. The van der Waals surface area contributed by atoms with Gasteiger partial charge in [0, 0.05) is 34.5 Å². The minimum atomic E-state index is -1.44. The Morgan fingerprint density at radius 2 is 1.83 bits per heavy atom. The molecular weight excluding hydrogens is 496 g/mol. The summed E-state index contributed by atoms with van der Waals surface area (Å²) in [6.07, 6.45) is 12.6. The predicted octanol–water partition coefficient (Wildman–Crippen LogP) is 1.83. The largest absolute Gasteiger partial charge is 0.848 e. The van der Waals surface area contributed by atoms with Crippen LogP contribution in [0.25, 0.3) is 0 Å². The summed E-state index contributed by atoms with van der Waals surface area (Å²) in [6, 6.07) is 3.67. The number of thiophene rings is 1. The molecule has 7 nitrogen and oxygen atoms in total. The Balaban J connectivity index is 1.77. The van der Waals surface area contributed by atoms with Crippen LogP contribution in [0.3, 0.4) is 0 Å². The number of likely N-dealkylation sites (N-methyl/N-ethyl adjacent to an activating group) is 2. The van der Waals surface area contributed by atoms with E-state index in [1.165, 1.54) is 23.1 Å². The van der Waals surface area contributed by atoms with E-state index in [-0.39, 0.29) is 18.8 Å². The van der Waals surface area contributed by atoms with Gasteiger partial charge in [-0.2, -0.15) is 0 Å². The highest BCUT2D eigenvalue weighted by atomic mass is 32.2. The Labute approximate surface area is 220 Å². The Hall–Kier alpha value is -2.66. The summed E-state index contributed by atoms with van der Waals surface area (Å²) in [6.45, 7) is 8.19. The number of hydrogen-bond acceptors (Lipinski definition) is 8.